The highest BCUT2D eigenvalue weighted by Gasteiger charge is 2.12. The van der Waals surface area contributed by atoms with Crippen molar-refractivity contribution in [2.24, 2.45) is 5.73 Å². The summed E-state index contributed by atoms with van der Waals surface area (Å²) in [6.07, 6.45) is 2.64. The Labute approximate surface area is 88.9 Å². The fourth-order valence-electron chi connectivity index (χ4n) is 1.34. The molecule has 0 aliphatic carbocycles. The van der Waals surface area contributed by atoms with E-state index in [4.69, 9.17) is 5.73 Å². The van der Waals surface area contributed by atoms with Gasteiger partial charge < -0.3 is 5.73 Å². The first kappa shape index (κ1) is 11.5. The molecule has 0 spiro atoms. The Hall–Kier alpha value is -0.540. The largest absolute Gasteiger partial charge is 0.325 e. The monoisotopic (exact) mass is 213 g/mol. The maximum atomic E-state index is 13.2. The van der Waals surface area contributed by atoms with Gasteiger partial charge in [-0.3, -0.25) is 0 Å². The highest BCUT2D eigenvalue weighted by molar-refractivity contribution is 7.98. The lowest BCUT2D eigenvalue weighted by Gasteiger charge is -2.18. The predicted octanol–water partition coefficient (Wildman–Crippen LogP) is 2.83. The van der Waals surface area contributed by atoms with Gasteiger partial charge in [0.25, 0.3) is 0 Å². The smallest absolute Gasteiger partial charge is 0.136 e. The number of rotatable bonds is 3. The quantitative estimate of drug-likeness (QED) is 0.781. The lowest BCUT2D eigenvalue weighted by atomic mass is 9.96. The van der Waals surface area contributed by atoms with Crippen LogP contribution in [0.3, 0.4) is 0 Å². The van der Waals surface area contributed by atoms with Crippen molar-refractivity contribution in [3.8, 4) is 0 Å². The Morgan fingerprint density at radius 3 is 2.57 bits per heavy atom. The van der Waals surface area contributed by atoms with Crippen LogP contribution in [0, 0.1) is 5.82 Å². The van der Waals surface area contributed by atoms with Gasteiger partial charge in [0.05, 0.1) is 0 Å². The topological polar surface area (TPSA) is 26.0 Å². The van der Waals surface area contributed by atoms with E-state index in [-0.39, 0.29) is 11.4 Å². The van der Waals surface area contributed by atoms with Crippen LogP contribution < -0.4 is 5.73 Å². The molecule has 78 valence electrons. The van der Waals surface area contributed by atoms with Crippen LogP contribution in [0.5, 0.6) is 0 Å². The highest BCUT2D eigenvalue weighted by atomic mass is 32.2. The van der Waals surface area contributed by atoms with E-state index in [1.807, 2.05) is 26.2 Å². The second-order valence-corrected chi connectivity index (χ2v) is 4.98. The van der Waals surface area contributed by atoms with Crippen molar-refractivity contribution in [1.29, 1.82) is 0 Å². The molecule has 0 aliphatic rings. The van der Waals surface area contributed by atoms with Crippen LogP contribution >= 0.6 is 11.8 Å². The second-order valence-electron chi connectivity index (χ2n) is 4.13. The van der Waals surface area contributed by atoms with E-state index in [2.05, 4.69) is 0 Å². The van der Waals surface area contributed by atoms with Gasteiger partial charge in [-0.15, -0.1) is 11.8 Å². The summed E-state index contributed by atoms with van der Waals surface area (Å²) >= 11 is 1.42. The molecule has 0 heterocycles. The van der Waals surface area contributed by atoms with E-state index < -0.39 is 0 Å². The van der Waals surface area contributed by atoms with E-state index in [1.54, 1.807) is 6.07 Å². The van der Waals surface area contributed by atoms with Crippen molar-refractivity contribution in [1.82, 2.24) is 0 Å². The van der Waals surface area contributed by atoms with Crippen LogP contribution in [-0.4, -0.2) is 11.8 Å². The van der Waals surface area contributed by atoms with Crippen LogP contribution in [0.15, 0.2) is 23.1 Å². The number of thioether (sulfide) groups is 1. The Morgan fingerprint density at radius 1 is 1.43 bits per heavy atom. The molecule has 1 aromatic carbocycles. The summed E-state index contributed by atoms with van der Waals surface area (Å²) in [5.41, 5.74) is 6.74. The number of hydrogen-bond donors (Lipinski definition) is 1. The Kier molecular flexibility index (Phi) is 3.56. The van der Waals surface area contributed by atoms with E-state index in [9.17, 15) is 4.39 Å². The second kappa shape index (κ2) is 4.32. The van der Waals surface area contributed by atoms with E-state index >= 15 is 0 Å². The highest BCUT2D eigenvalue weighted by Crippen LogP contribution is 2.22. The fourth-order valence-corrected chi connectivity index (χ4v) is 1.87. The molecule has 0 aromatic heterocycles. The van der Waals surface area contributed by atoms with Gasteiger partial charge in [0.2, 0.25) is 0 Å². The number of benzene rings is 1. The molecule has 0 radical (unpaired) electrons. The van der Waals surface area contributed by atoms with Gasteiger partial charge in [0.1, 0.15) is 5.82 Å². The van der Waals surface area contributed by atoms with Crippen molar-refractivity contribution in [3.05, 3.63) is 29.6 Å². The first-order valence-electron chi connectivity index (χ1n) is 4.54. The maximum Gasteiger partial charge on any atom is 0.136 e. The maximum absolute atomic E-state index is 13.2. The molecule has 0 saturated carbocycles. The van der Waals surface area contributed by atoms with Gasteiger partial charge in [-0.05, 0) is 44.2 Å². The van der Waals surface area contributed by atoms with E-state index in [0.717, 1.165) is 12.0 Å². The minimum Gasteiger partial charge on any atom is -0.325 e. The zero-order valence-electron chi connectivity index (χ0n) is 8.80. The Bertz CT molecular complexity index is 318. The van der Waals surface area contributed by atoms with Gasteiger partial charge in [-0.2, -0.15) is 0 Å². The molecule has 14 heavy (non-hydrogen) atoms. The average molecular weight is 213 g/mol. The molecular formula is C11H16FNS. The summed E-state index contributed by atoms with van der Waals surface area (Å²) in [6, 6.07) is 5.17. The summed E-state index contributed by atoms with van der Waals surface area (Å²) in [5.74, 6) is -0.156. The summed E-state index contributed by atoms with van der Waals surface area (Å²) in [4.78, 5) is 0.687. The van der Waals surface area contributed by atoms with Gasteiger partial charge in [0.15, 0.2) is 0 Å². The molecule has 3 heteroatoms. The van der Waals surface area contributed by atoms with Crippen LogP contribution in [0.2, 0.25) is 0 Å². The zero-order valence-corrected chi connectivity index (χ0v) is 9.62. The SMILES string of the molecule is CSc1cc(CC(C)(C)N)ccc1F. The summed E-state index contributed by atoms with van der Waals surface area (Å²) in [5, 5.41) is 0. The Balaban J connectivity index is 2.90. The Morgan fingerprint density at radius 2 is 2.07 bits per heavy atom. The summed E-state index contributed by atoms with van der Waals surface area (Å²) in [7, 11) is 0. The van der Waals surface area contributed by atoms with Crippen LogP contribution in [-0.2, 0) is 6.42 Å². The zero-order chi connectivity index (χ0) is 10.8. The third-order valence-electron chi connectivity index (χ3n) is 1.88. The molecule has 0 unspecified atom stereocenters. The van der Waals surface area contributed by atoms with Crippen molar-refractivity contribution in [3.63, 3.8) is 0 Å². The minimum absolute atomic E-state index is 0.156. The molecule has 0 aliphatic heterocycles. The molecule has 0 atom stereocenters. The van der Waals surface area contributed by atoms with E-state index in [1.165, 1.54) is 17.8 Å². The van der Waals surface area contributed by atoms with Crippen LogP contribution in [0.4, 0.5) is 4.39 Å². The van der Waals surface area contributed by atoms with Gasteiger partial charge >= 0.3 is 0 Å². The predicted molar refractivity (Wildman–Crippen MR) is 60.2 cm³/mol. The first-order chi connectivity index (χ1) is 6.42. The summed E-state index contributed by atoms with van der Waals surface area (Å²) in [6.45, 7) is 3.93. The fraction of sp³-hybridized carbons (Fsp3) is 0.455. The lowest BCUT2D eigenvalue weighted by Crippen LogP contribution is -2.34. The van der Waals surface area contributed by atoms with E-state index in [0.29, 0.717) is 4.90 Å². The number of hydrogen-bond acceptors (Lipinski definition) is 2. The molecule has 0 amide bonds. The molecule has 1 rings (SSSR count). The molecule has 2 N–H and O–H groups in total. The average Bonchev–Trinajstić information content (AvgIpc) is 2.06. The minimum atomic E-state index is -0.243. The normalized spacial score (nSPS) is 11.8. The van der Waals surface area contributed by atoms with Gasteiger partial charge in [-0.1, -0.05) is 6.07 Å². The van der Waals surface area contributed by atoms with Crippen LogP contribution in [0.1, 0.15) is 19.4 Å². The van der Waals surface area contributed by atoms with Crippen molar-refractivity contribution >= 4 is 11.8 Å². The summed E-state index contributed by atoms with van der Waals surface area (Å²) < 4.78 is 13.2. The van der Waals surface area contributed by atoms with Crippen molar-refractivity contribution in [2.45, 2.75) is 30.7 Å². The third-order valence-corrected chi connectivity index (χ3v) is 2.63. The third kappa shape index (κ3) is 3.31. The molecule has 1 aromatic rings. The van der Waals surface area contributed by atoms with Gasteiger partial charge in [0, 0.05) is 10.4 Å². The first-order valence-corrected chi connectivity index (χ1v) is 5.76. The van der Waals surface area contributed by atoms with Crippen molar-refractivity contribution in [2.75, 3.05) is 6.26 Å². The molecule has 0 saturated heterocycles. The standard InChI is InChI=1S/C11H16FNS/c1-11(2,13)7-8-4-5-9(12)10(6-8)14-3/h4-6H,7,13H2,1-3H3. The lowest BCUT2D eigenvalue weighted by molar-refractivity contribution is 0.514. The van der Waals surface area contributed by atoms with Crippen LogP contribution in [0.25, 0.3) is 0 Å². The molecule has 1 nitrogen and oxygen atoms in total. The molecule has 0 fully saturated rings. The van der Waals surface area contributed by atoms with Crippen molar-refractivity contribution < 1.29 is 4.39 Å². The van der Waals surface area contributed by atoms with Gasteiger partial charge in [-0.25, -0.2) is 4.39 Å². The number of halogens is 1. The number of nitrogens with two attached hydrogens (primary N) is 1. The molecular weight excluding hydrogens is 197 g/mol. The molecule has 0 bridgehead atoms.